The fourth-order valence-electron chi connectivity index (χ4n) is 1.04. The van der Waals surface area contributed by atoms with Gasteiger partial charge in [0.2, 0.25) is 0 Å². The van der Waals surface area contributed by atoms with Gasteiger partial charge in [-0.15, -0.1) is 0 Å². The maximum atomic E-state index is 11.0. The van der Waals surface area contributed by atoms with E-state index in [1.165, 1.54) is 21.6 Å². The summed E-state index contributed by atoms with van der Waals surface area (Å²) in [5.41, 5.74) is -0.261. The maximum absolute atomic E-state index is 11.0. The Kier molecular flexibility index (Phi) is 7.73. The molecule has 0 aromatic rings. The molecule has 0 heterocycles. The van der Waals surface area contributed by atoms with Gasteiger partial charge in [0.25, 0.3) is 0 Å². The second-order valence-corrected chi connectivity index (χ2v) is 7.65. The zero-order valence-electron chi connectivity index (χ0n) is 11.1. The van der Waals surface area contributed by atoms with Crippen molar-refractivity contribution in [1.82, 2.24) is 5.32 Å². The minimum atomic E-state index is -0.885. The average Bonchev–Trinajstić information content (AvgIpc) is 2.19. The molecular weight excluding hydrogens is 274 g/mol. The molecule has 0 unspecified atom stereocenters. The van der Waals surface area contributed by atoms with E-state index in [1.54, 1.807) is 6.92 Å². The lowest BCUT2D eigenvalue weighted by Crippen LogP contribution is -2.49. The third-order valence-corrected chi connectivity index (χ3v) is 4.55. The van der Waals surface area contributed by atoms with Gasteiger partial charge in [-0.1, -0.05) is 28.5 Å². The Morgan fingerprint density at radius 1 is 1.11 bits per heavy atom. The smallest absolute Gasteiger partial charge is 0.321 e. The summed E-state index contributed by atoms with van der Waals surface area (Å²) in [7, 11) is 2.78. The summed E-state index contributed by atoms with van der Waals surface area (Å²) in [6.45, 7) is 7.37. The molecule has 0 amide bonds. The van der Waals surface area contributed by atoms with E-state index in [1.807, 2.05) is 20.8 Å². The van der Waals surface area contributed by atoms with Crippen molar-refractivity contribution in [3.05, 3.63) is 0 Å². The number of carboxylic acids is 2. The third-order valence-electron chi connectivity index (χ3n) is 1.96. The molecule has 0 rings (SSSR count). The van der Waals surface area contributed by atoms with Crippen molar-refractivity contribution in [3.8, 4) is 0 Å². The van der Waals surface area contributed by atoms with Crippen molar-refractivity contribution < 1.29 is 19.8 Å². The van der Waals surface area contributed by atoms with Crippen molar-refractivity contribution in [1.29, 1.82) is 0 Å². The molecule has 0 aliphatic carbocycles. The molecule has 18 heavy (non-hydrogen) atoms. The largest absolute Gasteiger partial charge is 0.481 e. The number of carboxylic acid groups (broad SMARTS) is 2. The number of aliphatic carboxylic acids is 2. The van der Waals surface area contributed by atoms with Gasteiger partial charge in [0.05, 0.1) is 5.92 Å². The highest BCUT2D eigenvalue weighted by Crippen LogP contribution is 2.25. The average molecular weight is 295 g/mol. The first-order chi connectivity index (χ1) is 8.13. The molecule has 0 spiro atoms. The summed E-state index contributed by atoms with van der Waals surface area (Å²) in [5.74, 6) is -1.25. The maximum Gasteiger partial charge on any atom is 0.321 e. The number of hydrogen-bond donors (Lipinski definition) is 3. The summed E-state index contributed by atoms with van der Waals surface area (Å²) in [4.78, 5) is 21.6. The zero-order valence-corrected chi connectivity index (χ0v) is 12.7. The van der Waals surface area contributed by atoms with Crippen LogP contribution in [0, 0.1) is 5.92 Å². The van der Waals surface area contributed by atoms with Gasteiger partial charge in [0.1, 0.15) is 6.04 Å². The molecule has 0 fully saturated rings. The van der Waals surface area contributed by atoms with Crippen molar-refractivity contribution in [3.63, 3.8) is 0 Å². The lowest BCUT2D eigenvalue weighted by molar-refractivity contribution is -0.140. The van der Waals surface area contributed by atoms with Gasteiger partial charge in [-0.2, -0.15) is 0 Å². The van der Waals surface area contributed by atoms with E-state index >= 15 is 0 Å². The van der Waals surface area contributed by atoms with E-state index in [-0.39, 0.29) is 5.54 Å². The summed E-state index contributed by atoms with van der Waals surface area (Å²) < 4.78 is 0. The van der Waals surface area contributed by atoms with E-state index < -0.39 is 23.9 Å². The quantitative estimate of drug-likeness (QED) is 0.466. The van der Waals surface area contributed by atoms with E-state index in [4.69, 9.17) is 10.2 Å². The first-order valence-corrected chi connectivity index (χ1v) is 8.10. The van der Waals surface area contributed by atoms with Gasteiger partial charge in [-0.25, -0.2) is 0 Å². The van der Waals surface area contributed by atoms with Crippen LogP contribution in [-0.4, -0.2) is 45.2 Å². The van der Waals surface area contributed by atoms with Crippen molar-refractivity contribution in [2.45, 2.75) is 39.3 Å². The van der Waals surface area contributed by atoms with E-state index in [0.717, 1.165) is 0 Å². The van der Waals surface area contributed by atoms with Crippen molar-refractivity contribution >= 4 is 33.5 Å². The number of hydrogen-bond acceptors (Lipinski definition) is 5. The molecule has 0 aromatic heterocycles. The van der Waals surface area contributed by atoms with Crippen LogP contribution < -0.4 is 5.32 Å². The van der Waals surface area contributed by atoms with Crippen LogP contribution in [-0.2, 0) is 9.59 Å². The monoisotopic (exact) mass is 295 g/mol. The molecule has 2 atom stereocenters. The van der Waals surface area contributed by atoms with Gasteiger partial charge in [0, 0.05) is 17.0 Å². The lowest BCUT2D eigenvalue weighted by atomic mass is 10.1. The summed E-state index contributed by atoms with van der Waals surface area (Å²) >= 11 is 0. The SMILES string of the molecule is C[C@H](CSSC[C@H](NC(C)(C)C)C(=O)O)C(=O)O. The van der Waals surface area contributed by atoms with Crippen LogP contribution in [0.3, 0.4) is 0 Å². The predicted molar refractivity (Wildman–Crippen MR) is 76.0 cm³/mol. The molecule has 0 aliphatic rings. The van der Waals surface area contributed by atoms with Crippen molar-refractivity contribution in [2.75, 3.05) is 11.5 Å². The Bertz CT molecular complexity index is 291. The predicted octanol–water partition coefficient (Wildman–Crippen LogP) is 1.93. The van der Waals surface area contributed by atoms with Crippen LogP contribution in [0.1, 0.15) is 27.7 Å². The van der Waals surface area contributed by atoms with E-state index in [2.05, 4.69) is 5.32 Å². The van der Waals surface area contributed by atoms with Gasteiger partial charge >= 0.3 is 11.9 Å². The normalized spacial score (nSPS) is 15.1. The molecule has 0 saturated heterocycles. The molecule has 0 aromatic carbocycles. The Hall–Kier alpha value is -0.400. The molecule has 0 radical (unpaired) electrons. The van der Waals surface area contributed by atoms with Crippen LogP contribution in [0.15, 0.2) is 0 Å². The van der Waals surface area contributed by atoms with Crippen LogP contribution in [0.4, 0.5) is 0 Å². The Balaban J connectivity index is 3.99. The highest BCUT2D eigenvalue weighted by molar-refractivity contribution is 8.76. The third kappa shape index (κ3) is 8.66. The van der Waals surface area contributed by atoms with Gasteiger partial charge in [-0.3, -0.25) is 14.9 Å². The molecule has 7 heteroatoms. The first-order valence-electron chi connectivity index (χ1n) is 5.61. The molecule has 0 bridgehead atoms. The second kappa shape index (κ2) is 7.91. The second-order valence-electron chi connectivity index (χ2n) is 5.09. The molecule has 106 valence electrons. The Morgan fingerprint density at radius 2 is 1.61 bits per heavy atom. The van der Waals surface area contributed by atoms with E-state index in [9.17, 15) is 9.59 Å². The minimum Gasteiger partial charge on any atom is -0.481 e. The highest BCUT2D eigenvalue weighted by Gasteiger charge is 2.23. The minimum absolute atomic E-state index is 0.261. The molecular formula is C11H21NO4S2. The topological polar surface area (TPSA) is 86.6 Å². The summed E-state index contributed by atoms with van der Waals surface area (Å²) in [6.07, 6.45) is 0. The fourth-order valence-corrected chi connectivity index (χ4v) is 3.53. The van der Waals surface area contributed by atoms with Crippen LogP contribution in [0.25, 0.3) is 0 Å². The summed E-state index contributed by atoms with van der Waals surface area (Å²) in [5, 5.41) is 20.8. The van der Waals surface area contributed by atoms with Crippen LogP contribution in [0.5, 0.6) is 0 Å². The molecule has 5 nitrogen and oxygen atoms in total. The lowest BCUT2D eigenvalue weighted by Gasteiger charge is -2.25. The number of carbonyl (C=O) groups is 2. The standard InChI is InChI=1S/C11H21NO4S2/c1-7(9(13)14)5-17-18-6-8(10(15)16)12-11(2,3)4/h7-8,12H,5-6H2,1-4H3,(H,13,14)(H,15,16)/t7-,8+/m1/s1. The highest BCUT2D eigenvalue weighted by atomic mass is 33.1. The van der Waals surface area contributed by atoms with Crippen molar-refractivity contribution in [2.24, 2.45) is 5.92 Å². The van der Waals surface area contributed by atoms with E-state index in [0.29, 0.717) is 11.5 Å². The van der Waals surface area contributed by atoms with Gasteiger partial charge in [0.15, 0.2) is 0 Å². The van der Waals surface area contributed by atoms with Crippen LogP contribution >= 0.6 is 21.6 Å². The van der Waals surface area contributed by atoms with Gasteiger partial charge in [-0.05, 0) is 20.8 Å². The number of nitrogens with one attached hydrogen (secondary N) is 1. The molecule has 0 aliphatic heterocycles. The summed E-state index contributed by atoms with van der Waals surface area (Å²) in [6, 6.07) is -0.623. The van der Waals surface area contributed by atoms with Gasteiger partial charge < -0.3 is 10.2 Å². The molecule has 3 N–H and O–H groups in total. The first kappa shape index (κ1) is 17.6. The fraction of sp³-hybridized carbons (Fsp3) is 0.818. The zero-order chi connectivity index (χ0) is 14.3. The van der Waals surface area contributed by atoms with Crippen LogP contribution in [0.2, 0.25) is 0 Å². The number of rotatable bonds is 8. The molecule has 0 saturated carbocycles. The Labute approximate surface area is 115 Å². The Morgan fingerprint density at radius 3 is 2.00 bits per heavy atom.